The van der Waals surface area contributed by atoms with E-state index in [2.05, 4.69) is 0 Å². The van der Waals surface area contributed by atoms with Crippen LogP contribution in [0.2, 0.25) is 0 Å². The molecule has 1 saturated heterocycles. The van der Waals surface area contributed by atoms with Crippen LogP contribution in [0.1, 0.15) is 57.5 Å². The number of halogens is 2. The normalized spacial score (nSPS) is 37.7. The number of carbonyl (C=O) groups excluding carboxylic acids is 2. The molecule has 2 N–H and O–H groups in total. The number of fused-ring (bicyclic) bond motifs is 2. The van der Waals surface area contributed by atoms with Gasteiger partial charge in [0, 0.05) is 37.2 Å². The molecule has 10 heteroatoms. The summed E-state index contributed by atoms with van der Waals surface area (Å²) in [5.41, 5.74) is -5.55. The molecule has 1 fully saturated rings. The molecule has 0 unspecified atom stereocenters. The number of carbonyl (C=O) groups is 2. The molecule has 1 aromatic carbocycles. The second kappa shape index (κ2) is 7.52. The van der Waals surface area contributed by atoms with Crippen molar-refractivity contribution < 1.29 is 46.0 Å². The van der Waals surface area contributed by atoms with Crippen LogP contribution < -0.4 is 10.7 Å². The Morgan fingerprint density at radius 3 is 3.03 bits per heavy atom. The van der Waals surface area contributed by atoms with Gasteiger partial charge in [0.2, 0.25) is 5.43 Å². The quantitative estimate of drug-likeness (QED) is 0.763. The molecule has 0 radical (unpaired) electrons. The summed E-state index contributed by atoms with van der Waals surface area (Å²) < 4.78 is 138. The topological polar surface area (TPSA) is 101 Å². The van der Waals surface area contributed by atoms with Gasteiger partial charge in [-0.15, -0.1) is 0 Å². The van der Waals surface area contributed by atoms with E-state index in [-0.39, 0.29) is 16.8 Å². The average molecular weight is 432 g/mol. The predicted molar refractivity (Wildman–Crippen MR) is 99.9 cm³/mol. The van der Waals surface area contributed by atoms with Gasteiger partial charge in [-0.2, -0.15) is 0 Å². The van der Waals surface area contributed by atoms with Gasteiger partial charge >= 0.3 is 0 Å². The van der Waals surface area contributed by atoms with Crippen LogP contribution in [-0.4, -0.2) is 45.2 Å². The highest BCUT2D eigenvalue weighted by atomic mass is 19.1. The zero-order chi connectivity index (χ0) is 33.1. The van der Waals surface area contributed by atoms with Crippen LogP contribution in [-0.2, 0) is 17.7 Å². The Morgan fingerprint density at radius 2 is 2.30 bits per heavy atom. The number of hydrogen-bond acceptors (Lipinski definition) is 5. The fourth-order valence-electron chi connectivity index (χ4n) is 2.64. The van der Waals surface area contributed by atoms with Gasteiger partial charge in [-0.1, -0.05) is 6.07 Å². The molecule has 0 aliphatic carbocycles. The van der Waals surface area contributed by atoms with Gasteiger partial charge in [-0.3, -0.25) is 14.4 Å². The second-order valence-corrected chi connectivity index (χ2v) is 5.88. The van der Waals surface area contributed by atoms with Crippen molar-refractivity contribution >= 4 is 11.8 Å². The first-order valence-corrected chi connectivity index (χ1v) is 8.03. The number of aromatic hydroxyl groups is 1. The number of ether oxygens (including phenoxy) is 1. The molecule has 0 saturated carbocycles. The number of rotatable bonds is 3. The standard InChI is InChI=1S/C20H19F2N3O5/c1-10-4-5-30-15-9-24-8-13(17(26)18(27)16(24)20(29)25(10)15)19(28)23-7-11-2-3-12(21)6-14(11)22/h2-3,6,8,10,15,27H,4-5,7,9H2,1H3,(H,23,28)/t10-,15+/m1/s1/i1D3,4D2,5D2,7D2,9D2,10D,15D. The molecule has 1 aromatic heterocycles. The van der Waals surface area contributed by atoms with Crippen LogP contribution in [0.5, 0.6) is 5.75 Å². The van der Waals surface area contributed by atoms with Crippen molar-refractivity contribution in [2.45, 2.75) is 38.4 Å². The van der Waals surface area contributed by atoms with Crippen molar-refractivity contribution in [1.82, 2.24) is 14.8 Å². The molecule has 8 nitrogen and oxygen atoms in total. The van der Waals surface area contributed by atoms with Crippen molar-refractivity contribution in [3.05, 3.63) is 63.1 Å². The molecule has 158 valence electrons. The van der Waals surface area contributed by atoms with E-state index in [1.54, 1.807) is 5.32 Å². The Kier molecular flexibility index (Phi) is 2.43. The molecule has 0 spiro atoms. The highest BCUT2D eigenvalue weighted by Crippen LogP contribution is 2.29. The lowest BCUT2D eigenvalue weighted by Crippen LogP contribution is -2.57. The number of nitrogens with one attached hydrogen (secondary N) is 1. The third kappa shape index (κ3) is 3.32. The number of hydrogen-bond donors (Lipinski definition) is 2. The summed E-state index contributed by atoms with van der Waals surface area (Å²) in [5, 5.41) is 12.2. The zero-order valence-electron chi connectivity index (χ0n) is 27.5. The number of aromatic nitrogens is 1. The third-order valence-electron chi connectivity index (χ3n) is 4.04. The number of amides is 2. The van der Waals surface area contributed by atoms with Gasteiger partial charge in [-0.25, -0.2) is 8.78 Å². The van der Waals surface area contributed by atoms with Crippen molar-refractivity contribution in [3.8, 4) is 5.75 Å². The van der Waals surface area contributed by atoms with E-state index in [1.165, 1.54) is 0 Å². The van der Waals surface area contributed by atoms with E-state index >= 15 is 0 Å². The van der Waals surface area contributed by atoms with Crippen molar-refractivity contribution in [2.24, 2.45) is 0 Å². The molecular formula is C20H19F2N3O5. The number of nitrogens with zero attached hydrogens (tertiary/aromatic N) is 2. The minimum Gasteiger partial charge on any atom is -0.503 e. The van der Waals surface area contributed by atoms with Gasteiger partial charge < -0.3 is 24.6 Å². The van der Waals surface area contributed by atoms with Crippen molar-refractivity contribution in [2.75, 3.05) is 6.56 Å². The zero-order valence-corrected chi connectivity index (χ0v) is 14.5. The second-order valence-electron chi connectivity index (χ2n) is 5.88. The van der Waals surface area contributed by atoms with Crippen molar-refractivity contribution in [1.29, 1.82) is 0 Å². The van der Waals surface area contributed by atoms with Crippen LogP contribution >= 0.6 is 0 Å². The Bertz CT molecular complexity index is 1630. The third-order valence-corrected chi connectivity index (χ3v) is 4.04. The molecular weight excluding hydrogens is 400 g/mol. The smallest absolute Gasteiger partial charge is 0.276 e. The van der Waals surface area contributed by atoms with E-state index in [9.17, 15) is 28.3 Å². The van der Waals surface area contributed by atoms with E-state index in [0.29, 0.717) is 12.1 Å². The lowest BCUT2D eigenvalue weighted by atomic mass is 10.1. The Balaban J connectivity index is 1.95. The lowest BCUT2D eigenvalue weighted by molar-refractivity contribution is -0.112. The summed E-state index contributed by atoms with van der Waals surface area (Å²) in [4.78, 5) is 38.9. The van der Waals surface area contributed by atoms with Crippen LogP contribution in [0.15, 0.2) is 29.2 Å². The highest BCUT2D eigenvalue weighted by molar-refractivity contribution is 5.99. The summed E-state index contributed by atoms with van der Waals surface area (Å²) in [5.74, 6) is -8.16. The summed E-state index contributed by atoms with van der Waals surface area (Å²) in [6.07, 6.45) is -7.78. The van der Waals surface area contributed by atoms with Gasteiger partial charge in [0.05, 0.1) is 24.0 Å². The molecule has 30 heavy (non-hydrogen) atoms. The lowest BCUT2D eigenvalue weighted by Gasteiger charge is -2.44. The molecule has 4 rings (SSSR count). The maximum atomic E-state index is 14.2. The van der Waals surface area contributed by atoms with Gasteiger partial charge in [-0.05, 0) is 19.3 Å². The molecule has 2 aliphatic heterocycles. The maximum absolute atomic E-state index is 14.2. The average Bonchev–Trinajstić information content (AvgIpc) is 2.81. The molecule has 2 amide bonds. The number of benzene rings is 1. The Labute approximate surface area is 187 Å². The highest BCUT2D eigenvalue weighted by Gasteiger charge is 2.41. The van der Waals surface area contributed by atoms with Crippen molar-refractivity contribution in [3.63, 3.8) is 0 Å². The van der Waals surface area contributed by atoms with E-state index in [4.69, 9.17) is 22.6 Å². The molecule has 2 aliphatic rings. The molecule has 0 bridgehead atoms. The summed E-state index contributed by atoms with van der Waals surface area (Å²) in [6.45, 7) is -14.9. The molecule has 3 heterocycles. The van der Waals surface area contributed by atoms with Crippen LogP contribution in [0, 0.1) is 11.6 Å². The van der Waals surface area contributed by atoms with Gasteiger partial charge in [0.25, 0.3) is 11.8 Å². The molecule has 2 aromatic rings. The van der Waals surface area contributed by atoms with Crippen LogP contribution in [0.4, 0.5) is 8.78 Å². The fraction of sp³-hybridized carbons (Fsp3) is 0.350. The first-order valence-electron chi connectivity index (χ1n) is 14.5. The minimum absolute atomic E-state index is 0.0879. The summed E-state index contributed by atoms with van der Waals surface area (Å²) >= 11 is 0. The first-order chi connectivity index (χ1) is 19.2. The number of pyridine rings is 1. The van der Waals surface area contributed by atoms with Gasteiger partial charge in [0.1, 0.15) is 17.2 Å². The first kappa shape index (κ1) is 9.69. The van der Waals surface area contributed by atoms with Crippen LogP contribution in [0.3, 0.4) is 0 Å². The maximum Gasteiger partial charge on any atom is 0.276 e. The monoisotopic (exact) mass is 432 g/mol. The largest absolute Gasteiger partial charge is 0.503 e. The van der Waals surface area contributed by atoms with E-state index < -0.39 is 101 Å². The fourth-order valence-corrected chi connectivity index (χ4v) is 2.64. The summed E-state index contributed by atoms with van der Waals surface area (Å²) in [6, 6.07) is -2.55. The van der Waals surface area contributed by atoms with Crippen LogP contribution in [0.25, 0.3) is 0 Å². The van der Waals surface area contributed by atoms with E-state index in [0.717, 1.165) is 0 Å². The minimum atomic E-state index is -4.12. The Morgan fingerprint density at radius 1 is 1.50 bits per heavy atom. The van der Waals surface area contributed by atoms with Gasteiger partial charge in [0.15, 0.2) is 17.6 Å². The summed E-state index contributed by atoms with van der Waals surface area (Å²) in [7, 11) is 0. The SMILES string of the molecule is [2H]C([2H])(NC(=O)c1cn2c(c(O)c1=O)C(=O)N1[C@]([2H])(C([2H])([2H])[2H])C([2H])([2H])C([2H])([2H])O[C@@]1([2H])C2([2H])[2H])c1ccc(F)cc1F. The Hall–Kier alpha value is -3.27. The molecule has 2 atom stereocenters. The van der Waals surface area contributed by atoms with E-state index in [1.807, 2.05) is 0 Å². The predicted octanol–water partition coefficient (Wildman–Crippen LogP) is 1.35.